The minimum atomic E-state index is 0.545. The Morgan fingerprint density at radius 2 is 2.12 bits per heavy atom. The van der Waals surface area contributed by atoms with Crippen molar-refractivity contribution in [2.45, 2.75) is 10.6 Å². The van der Waals surface area contributed by atoms with Gasteiger partial charge in [-0.3, -0.25) is 0 Å². The minimum Gasteiger partial charge on any atom is -0.383 e. The normalized spacial score (nSPS) is 10.5. The van der Waals surface area contributed by atoms with Crippen LogP contribution in [0.15, 0.2) is 39.8 Å². The number of nitrogens with two attached hydrogens (primary N) is 1. The van der Waals surface area contributed by atoms with E-state index in [1.807, 2.05) is 18.2 Å². The molecule has 0 fully saturated rings. The Labute approximate surface area is 126 Å². The molecule has 2 aromatic rings. The Morgan fingerprint density at radius 3 is 2.82 bits per heavy atom. The second-order valence-electron chi connectivity index (χ2n) is 3.24. The van der Waals surface area contributed by atoms with E-state index in [0.29, 0.717) is 11.6 Å². The molecule has 0 amide bonds. The summed E-state index contributed by atoms with van der Waals surface area (Å²) in [5.41, 5.74) is 5.74. The molecule has 0 saturated heterocycles. The first-order valence-electron chi connectivity index (χ1n) is 4.81. The number of anilines is 1. The monoisotopic (exact) mass is 421 g/mol. The van der Waals surface area contributed by atoms with Crippen LogP contribution in [0.25, 0.3) is 0 Å². The summed E-state index contributed by atoms with van der Waals surface area (Å²) in [6.07, 6.45) is 1.75. The lowest BCUT2D eigenvalue weighted by molar-refractivity contribution is 1.03. The number of hydrogen-bond donors (Lipinski definition) is 1. The highest BCUT2D eigenvalue weighted by Gasteiger charge is 2.04. The third kappa shape index (κ3) is 3.56. The van der Waals surface area contributed by atoms with Crippen LogP contribution in [0.3, 0.4) is 0 Å². The Bertz CT molecular complexity index is 536. The number of rotatable bonds is 3. The highest BCUT2D eigenvalue weighted by atomic mass is 127. The highest BCUT2D eigenvalue weighted by Crippen LogP contribution is 2.29. The van der Waals surface area contributed by atoms with Gasteiger partial charge in [0.05, 0.1) is 9.32 Å². The summed E-state index contributed by atoms with van der Waals surface area (Å²) in [6.45, 7) is 0. The van der Waals surface area contributed by atoms with Gasteiger partial charge in [0, 0.05) is 15.6 Å². The molecule has 0 unspecified atom stereocenters. The van der Waals surface area contributed by atoms with E-state index in [-0.39, 0.29) is 0 Å². The van der Waals surface area contributed by atoms with E-state index < -0.39 is 0 Å². The van der Waals surface area contributed by atoms with Gasteiger partial charge in [0.15, 0.2) is 0 Å². The van der Waals surface area contributed by atoms with Crippen molar-refractivity contribution in [2.75, 3.05) is 5.73 Å². The topological polar surface area (TPSA) is 51.8 Å². The van der Waals surface area contributed by atoms with Crippen molar-refractivity contribution in [1.29, 1.82) is 0 Å². The van der Waals surface area contributed by atoms with Crippen LogP contribution < -0.4 is 5.73 Å². The summed E-state index contributed by atoms with van der Waals surface area (Å²) >= 11 is 7.32. The third-order valence-electron chi connectivity index (χ3n) is 2.01. The van der Waals surface area contributed by atoms with E-state index in [1.165, 1.54) is 4.90 Å². The molecule has 1 aromatic heterocycles. The van der Waals surface area contributed by atoms with E-state index in [9.17, 15) is 0 Å². The summed E-state index contributed by atoms with van der Waals surface area (Å²) in [5.74, 6) is 2.01. The van der Waals surface area contributed by atoms with E-state index >= 15 is 0 Å². The minimum absolute atomic E-state index is 0.545. The first-order valence-corrected chi connectivity index (χ1v) is 7.67. The van der Waals surface area contributed by atoms with Gasteiger partial charge in [-0.15, -0.1) is 11.8 Å². The second kappa shape index (κ2) is 6.01. The molecule has 0 aliphatic carbocycles. The van der Waals surface area contributed by atoms with Crippen LogP contribution in [-0.2, 0) is 5.75 Å². The fraction of sp³-hybridized carbons (Fsp3) is 0.0909. The van der Waals surface area contributed by atoms with Gasteiger partial charge in [-0.2, -0.15) is 0 Å². The van der Waals surface area contributed by atoms with Crippen molar-refractivity contribution < 1.29 is 0 Å². The fourth-order valence-electron chi connectivity index (χ4n) is 1.19. The van der Waals surface area contributed by atoms with Gasteiger partial charge in [-0.05, 0) is 50.7 Å². The zero-order valence-corrected chi connectivity index (χ0v) is 13.3. The summed E-state index contributed by atoms with van der Waals surface area (Å²) in [4.78, 5) is 9.66. The van der Waals surface area contributed by atoms with Crippen LogP contribution >= 0.6 is 50.3 Å². The molecule has 1 aromatic carbocycles. The molecule has 0 radical (unpaired) electrons. The second-order valence-corrected chi connectivity index (χ2v) is 6.27. The van der Waals surface area contributed by atoms with Gasteiger partial charge in [-0.25, -0.2) is 9.97 Å². The maximum atomic E-state index is 5.74. The number of thioether (sulfide) groups is 1. The molecule has 2 N–H and O–H groups in total. The SMILES string of the molecule is Nc1nc(CSc2ccccc2Br)ncc1I. The van der Waals surface area contributed by atoms with Crippen LogP contribution in [0.1, 0.15) is 5.82 Å². The maximum Gasteiger partial charge on any atom is 0.140 e. The summed E-state index contributed by atoms with van der Waals surface area (Å²) in [5, 5.41) is 0. The van der Waals surface area contributed by atoms with Gasteiger partial charge in [-0.1, -0.05) is 12.1 Å². The van der Waals surface area contributed by atoms with Crippen LogP contribution in [0, 0.1) is 3.57 Å². The van der Waals surface area contributed by atoms with E-state index in [2.05, 4.69) is 54.6 Å². The Morgan fingerprint density at radius 1 is 1.35 bits per heavy atom. The van der Waals surface area contributed by atoms with Gasteiger partial charge in [0.25, 0.3) is 0 Å². The Kier molecular flexibility index (Phi) is 4.63. The molecule has 88 valence electrons. The molecule has 0 aliphatic rings. The number of nitrogens with zero attached hydrogens (tertiary/aromatic N) is 2. The zero-order valence-electron chi connectivity index (χ0n) is 8.73. The number of hydrogen-bond acceptors (Lipinski definition) is 4. The standard InChI is InChI=1S/C11H9BrIN3S/c12-7-3-1-2-4-9(7)17-6-10-15-5-8(13)11(14)16-10/h1-5H,6H2,(H2,14,15,16). The van der Waals surface area contributed by atoms with Crippen molar-refractivity contribution in [3.8, 4) is 0 Å². The third-order valence-corrected chi connectivity index (χ3v) is 4.87. The van der Waals surface area contributed by atoms with Gasteiger partial charge < -0.3 is 5.73 Å². The predicted molar refractivity (Wildman–Crippen MR) is 82.9 cm³/mol. The number of benzene rings is 1. The van der Waals surface area contributed by atoms with Gasteiger partial charge in [0.1, 0.15) is 11.6 Å². The summed E-state index contributed by atoms with van der Waals surface area (Å²) in [7, 11) is 0. The first-order chi connectivity index (χ1) is 8.16. The van der Waals surface area contributed by atoms with Crippen molar-refractivity contribution >= 4 is 56.1 Å². The Hall–Kier alpha value is -0.340. The predicted octanol–water partition coefficient (Wildman–Crippen LogP) is 3.72. The first kappa shape index (κ1) is 13.1. The Balaban J connectivity index is 2.08. The fourth-order valence-corrected chi connectivity index (χ4v) is 2.88. The van der Waals surface area contributed by atoms with Crippen molar-refractivity contribution in [3.63, 3.8) is 0 Å². The quantitative estimate of drug-likeness (QED) is 0.606. The average molecular weight is 422 g/mol. The molecule has 0 saturated carbocycles. The summed E-state index contributed by atoms with van der Waals surface area (Å²) < 4.78 is 1.97. The van der Waals surface area contributed by atoms with Crippen LogP contribution in [0.5, 0.6) is 0 Å². The van der Waals surface area contributed by atoms with Gasteiger partial charge >= 0.3 is 0 Å². The van der Waals surface area contributed by atoms with E-state index in [0.717, 1.165) is 13.9 Å². The van der Waals surface area contributed by atoms with E-state index in [4.69, 9.17) is 5.73 Å². The van der Waals surface area contributed by atoms with Crippen LogP contribution in [0.4, 0.5) is 5.82 Å². The van der Waals surface area contributed by atoms with Gasteiger partial charge in [0.2, 0.25) is 0 Å². The smallest absolute Gasteiger partial charge is 0.140 e. The molecule has 2 rings (SSSR count). The molecular formula is C11H9BrIN3S. The summed E-state index contributed by atoms with van der Waals surface area (Å²) in [6, 6.07) is 8.08. The van der Waals surface area contributed by atoms with Crippen molar-refractivity contribution in [2.24, 2.45) is 0 Å². The molecule has 0 bridgehead atoms. The molecule has 0 atom stereocenters. The maximum absolute atomic E-state index is 5.74. The largest absolute Gasteiger partial charge is 0.383 e. The lowest BCUT2D eigenvalue weighted by Crippen LogP contribution is -2.00. The number of aromatic nitrogens is 2. The average Bonchev–Trinajstić information content (AvgIpc) is 2.32. The zero-order chi connectivity index (χ0) is 12.3. The van der Waals surface area contributed by atoms with Crippen LogP contribution in [-0.4, -0.2) is 9.97 Å². The molecule has 6 heteroatoms. The molecule has 0 spiro atoms. The lowest BCUT2D eigenvalue weighted by atomic mass is 10.4. The van der Waals surface area contributed by atoms with Crippen molar-refractivity contribution in [1.82, 2.24) is 9.97 Å². The number of halogens is 2. The molecular weight excluding hydrogens is 413 g/mol. The molecule has 1 heterocycles. The molecule has 3 nitrogen and oxygen atoms in total. The van der Waals surface area contributed by atoms with E-state index in [1.54, 1.807) is 18.0 Å². The van der Waals surface area contributed by atoms with Crippen LogP contribution in [0.2, 0.25) is 0 Å². The highest BCUT2D eigenvalue weighted by molar-refractivity contribution is 14.1. The van der Waals surface area contributed by atoms with Crippen molar-refractivity contribution in [3.05, 3.63) is 44.3 Å². The lowest BCUT2D eigenvalue weighted by Gasteiger charge is -2.04. The molecule has 17 heavy (non-hydrogen) atoms. The number of nitrogen functional groups attached to an aromatic ring is 1. The molecule has 0 aliphatic heterocycles.